The van der Waals surface area contributed by atoms with Gasteiger partial charge in [0.2, 0.25) is 5.11 Å². The van der Waals surface area contributed by atoms with E-state index in [1.807, 2.05) is 48.5 Å². The largest absolute Gasteiger partial charge is 0.363 e. The third-order valence-corrected chi connectivity index (χ3v) is 3.97. The number of halogens is 1. The van der Waals surface area contributed by atoms with Gasteiger partial charge in [0.15, 0.2) is 0 Å². The molecular weight excluding hydrogens is 431 g/mol. The van der Waals surface area contributed by atoms with E-state index in [2.05, 4.69) is 5.32 Å². The third kappa shape index (κ3) is 5.81. The van der Waals surface area contributed by atoms with Gasteiger partial charge in [0, 0.05) is 27.8 Å². The minimum atomic E-state index is -0.539. The molecule has 0 amide bonds. The molecule has 141 valence electrons. The number of anilines is 2. The van der Waals surface area contributed by atoms with Crippen LogP contribution < -0.4 is 10.4 Å². The topological polar surface area (TPSA) is 41.6 Å². The van der Waals surface area contributed by atoms with Crippen LogP contribution in [0.1, 0.15) is 10.4 Å². The predicted octanol–water partition coefficient (Wildman–Crippen LogP) is 5.31. The molecule has 0 aliphatic heterocycles. The van der Waals surface area contributed by atoms with E-state index in [0.29, 0.717) is 16.3 Å². The Kier molecular flexibility index (Phi) is 7.82. The molecular formula is C20H15ClCuN2O2S. The van der Waals surface area contributed by atoms with Crippen LogP contribution in [0.4, 0.5) is 11.4 Å². The van der Waals surface area contributed by atoms with E-state index < -0.39 is 5.97 Å². The van der Waals surface area contributed by atoms with Crippen molar-refractivity contribution in [2.45, 2.75) is 0 Å². The van der Waals surface area contributed by atoms with Crippen LogP contribution in [0, 0.1) is 0 Å². The minimum absolute atomic E-state index is 0. The average molecular weight is 446 g/mol. The van der Waals surface area contributed by atoms with Gasteiger partial charge in [-0.05, 0) is 60.7 Å². The molecule has 27 heavy (non-hydrogen) atoms. The zero-order valence-corrected chi connectivity index (χ0v) is 16.4. The van der Waals surface area contributed by atoms with Crippen LogP contribution in [0.25, 0.3) is 0 Å². The molecule has 4 nitrogen and oxygen atoms in total. The Morgan fingerprint density at radius 2 is 1.44 bits per heavy atom. The fraction of sp³-hybridized carbons (Fsp3) is 0. The van der Waals surface area contributed by atoms with Gasteiger partial charge in [-0.2, -0.15) is 0 Å². The summed E-state index contributed by atoms with van der Waals surface area (Å²) in [5.74, 6) is -0.539. The van der Waals surface area contributed by atoms with Gasteiger partial charge in [0.05, 0.1) is 11.3 Å². The molecule has 0 aliphatic carbocycles. The van der Waals surface area contributed by atoms with Crippen molar-refractivity contribution in [2.24, 2.45) is 0 Å². The molecule has 0 aromatic heterocycles. The fourth-order valence-corrected chi connectivity index (χ4v) is 2.58. The van der Waals surface area contributed by atoms with Gasteiger partial charge in [0.25, 0.3) is 0 Å². The van der Waals surface area contributed by atoms with Crippen LogP contribution in [-0.2, 0) is 21.9 Å². The first-order chi connectivity index (χ1) is 12.6. The first-order valence-corrected chi connectivity index (χ1v) is 8.61. The van der Waals surface area contributed by atoms with Crippen LogP contribution in [0.5, 0.6) is 0 Å². The summed E-state index contributed by atoms with van der Waals surface area (Å²) in [4.78, 5) is 18.0. The van der Waals surface area contributed by atoms with Crippen molar-refractivity contribution < 1.29 is 26.7 Å². The van der Waals surface area contributed by atoms with Gasteiger partial charge in [0.1, 0.15) is 0 Å². The Bertz CT molecular complexity index is 893. The van der Waals surface area contributed by atoms with Crippen molar-refractivity contribution >= 4 is 46.3 Å². The third-order valence-electron chi connectivity index (χ3n) is 3.45. The summed E-state index contributed by atoms with van der Waals surface area (Å²) in [5.41, 5.74) is 1.79. The van der Waals surface area contributed by atoms with Crippen LogP contribution in [0.2, 0.25) is 5.02 Å². The number of carbonyl (C=O) groups is 1. The Labute approximate surface area is 178 Å². The zero-order valence-electron chi connectivity index (χ0n) is 13.9. The minimum Gasteiger partial charge on any atom is -0.330 e. The number of hydrogen-bond acceptors (Lipinski definition) is 3. The molecule has 0 spiro atoms. The number of nitrogens with zero attached hydrogens (tertiary/aromatic N) is 1. The fourth-order valence-electron chi connectivity index (χ4n) is 2.19. The van der Waals surface area contributed by atoms with Gasteiger partial charge in [-0.15, -0.1) is 5.06 Å². The van der Waals surface area contributed by atoms with Gasteiger partial charge >= 0.3 is 5.97 Å². The molecule has 1 N–H and O–H groups in total. The Hall–Kier alpha value is -2.37. The zero-order chi connectivity index (χ0) is 18.4. The van der Waals surface area contributed by atoms with E-state index in [0.717, 1.165) is 5.69 Å². The van der Waals surface area contributed by atoms with Gasteiger partial charge in [-0.25, -0.2) is 4.79 Å². The summed E-state index contributed by atoms with van der Waals surface area (Å²) < 4.78 is 0. The second-order valence-electron chi connectivity index (χ2n) is 5.31. The number of carbonyl (C=O) groups excluding carboxylic acids is 1. The standard InChI is InChI=1S/C20H15ClN2O2S.Cu/c21-16-13-11-15(12-14-16)19(24)25-23(18-9-5-2-6-10-18)20(26)22-17-7-3-1-4-8-17;/h1-14H,(H,22,26);. The molecule has 0 atom stereocenters. The number of hydroxylamine groups is 1. The molecule has 0 aliphatic rings. The van der Waals surface area contributed by atoms with Crippen molar-refractivity contribution in [3.63, 3.8) is 0 Å². The molecule has 0 unspecified atom stereocenters. The number of hydrogen-bond donors (Lipinski definition) is 1. The maximum atomic E-state index is 12.5. The van der Waals surface area contributed by atoms with Gasteiger partial charge < -0.3 is 10.2 Å². The Morgan fingerprint density at radius 3 is 2.04 bits per heavy atom. The second-order valence-corrected chi connectivity index (χ2v) is 6.13. The Balaban J connectivity index is 0.00000261. The first kappa shape index (κ1) is 20.9. The maximum Gasteiger partial charge on any atom is 0.363 e. The summed E-state index contributed by atoms with van der Waals surface area (Å²) in [6.45, 7) is 0. The molecule has 3 rings (SSSR count). The first-order valence-electron chi connectivity index (χ1n) is 7.82. The van der Waals surface area contributed by atoms with Crippen molar-refractivity contribution in [1.82, 2.24) is 0 Å². The van der Waals surface area contributed by atoms with E-state index in [1.165, 1.54) is 5.06 Å². The molecule has 0 heterocycles. The van der Waals surface area contributed by atoms with E-state index in [-0.39, 0.29) is 22.2 Å². The summed E-state index contributed by atoms with van der Waals surface area (Å²) >= 11 is 11.3. The van der Waals surface area contributed by atoms with Crippen LogP contribution in [0.15, 0.2) is 84.9 Å². The maximum absolute atomic E-state index is 12.5. The normalized spacial score (nSPS) is 9.67. The number of nitrogens with one attached hydrogen (secondary N) is 1. The second kappa shape index (κ2) is 10.1. The number of rotatable bonds is 3. The monoisotopic (exact) mass is 445 g/mol. The average Bonchev–Trinajstić information content (AvgIpc) is 2.68. The van der Waals surface area contributed by atoms with Crippen molar-refractivity contribution in [3.8, 4) is 0 Å². The molecule has 0 saturated heterocycles. The molecule has 7 heteroatoms. The van der Waals surface area contributed by atoms with E-state index in [1.54, 1.807) is 36.4 Å². The molecule has 3 aromatic carbocycles. The Morgan fingerprint density at radius 1 is 0.889 bits per heavy atom. The molecule has 0 saturated carbocycles. The van der Waals surface area contributed by atoms with Crippen molar-refractivity contribution in [1.29, 1.82) is 0 Å². The number of thiocarbonyl (C=S) groups is 1. The molecule has 0 bridgehead atoms. The van der Waals surface area contributed by atoms with E-state index in [9.17, 15) is 4.79 Å². The van der Waals surface area contributed by atoms with E-state index in [4.69, 9.17) is 28.7 Å². The summed E-state index contributed by atoms with van der Waals surface area (Å²) in [5, 5.41) is 5.14. The molecule has 3 aromatic rings. The van der Waals surface area contributed by atoms with E-state index >= 15 is 0 Å². The summed E-state index contributed by atoms with van der Waals surface area (Å²) in [7, 11) is 0. The van der Waals surface area contributed by atoms with Crippen molar-refractivity contribution in [2.75, 3.05) is 10.4 Å². The number of benzene rings is 3. The van der Waals surface area contributed by atoms with Gasteiger partial charge in [-0.1, -0.05) is 48.0 Å². The van der Waals surface area contributed by atoms with Crippen LogP contribution >= 0.6 is 23.8 Å². The number of para-hydroxylation sites is 2. The predicted molar refractivity (Wildman–Crippen MR) is 108 cm³/mol. The quantitative estimate of drug-likeness (QED) is 0.335. The van der Waals surface area contributed by atoms with Crippen LogP contribution in [0.3, 0.4) is 0 Å². The molecule has 1 radical (unpaired) electrons. The SMILES string of the molecule is O=C(ON(C(=S)Nc1ccccc1)c1ccccc1)c1ccc(Cl)cc1.[Cu]. The summed E-state index contributed by atoms with van der Waals surface area (Å²) in [6, 6.07) is 25.0. The molecule has 0 fully saturated rings. The van der Waals surface area contributed by atoms with Gasteiger partial charge in [-0.3, -0.25) is 0 Å². The van der Waals surface area contributed by atoms with Crippen LogP contribution in [-0.4, -0.2) is 11.1 Å². The smallest absolute Gasteiger partial charge is 0.330 e. The van der Waals surface area contributed by atoms with Crippen molar-refractivity contribution in [3.05, 3.63) is 95.5 Å². The summed E-state index contributed by atoms with van der Waals surface area (Å²) in [6.07, 6.45) is 0.